The van der Waals surface area contributed by atoms with Crippen molar-refractivity contribution in [2.75, 3.05) is 19.0 Å². The van der Waals surface area contributed by atoms with Gasteiger partial charge < -0.3 is 15.2 Å². The molecule has 1 aliphatic heterocycles. The number of nitrogens with one attached hydrogen (secondary N) is 2. The number of aryl methyl sites for hydroxylation is 1. The molecule has 2 N–H and O–H groups in total. The van der Waals surface area contributed by atoms with Crippen LogP contribution in [0, 0.1) is 5.82 Å². The summed E-state index contributed by atoms with van der Waals surface area (Å²) in [5, 5.41) is 3.33. The normalized spacial score (nSPS) is 23.1. The number of hydrogen-bond acceptors (Lipinski definition) is 4. The third kappa shape index (κ3) is 4.07. The SMILES string of the molecule is CNC(=O)C1SC(C(=O)Nc2cc(F)c(=O)n(CCF)c2)CC1Cl. The van der Waals surface area contributed by atoms with Crippen molar-refractivity contribution in [1.29, 1.82) is 0 Å². The smallest absolute Gasteiger partial charge is 0.286 e. The summed E-state index contributed by atoms with van der Waals surface area (Å²) < 4.78 is 26.8. The summed E-state index contributed by atoms with van der Waals surface area (Å²) in [5.74, 6) is -1.81. The number of alkyl halides is 2. The summed E-state index contributed by atoms with van der Waals surface area (Å²) in [6, 6.07) is 0.878. The molecule has 1 aliphatic rings. The Morgan fingerprint density at radius 1 is 1.46 bits per heavy atom. The monoisotopic (exact) mass is 379 g/mol. The zero-order chi connectivity index (χ0) is 17.9. The third-order valence-corrected chi connectivity index (χ3v) is 5.66. The Labute approximate surface area is 145 Å². The molecule has 1 saturated heterocycles. The second-order valence-electron chi connectivity index (χ2n) is 5.16. The lowest BCUT2D eigenvalue weighted by Gasteiger charge is -2.13. The molecule has 1 aromatic heterocycles. The summed E-state index contributed by atoms with van der Waals surface area (Å²) in [5.41, 5.74) is -0.915. The number of nitrogens with zero attached hydrogens (tertiary/aromatic N) is 1. The van der Waals surface area contributed by atoms with Gasteiger partial charge in [-0.3, -0.25) is 14.4 Å². The van der Waals surface area contributed by atoms with Gasteiger partial charge in [-0.2, -0.15) is 0 Å². The number of carbonyl (C=O) groups is 2. The maximum absolute atomic E-state index is 13.6. The lowest BCUT2D eigenvalue weighted by molar-refractivity contribution is -0.120. The molecule has 132 valence electrons. The summed E-state index contributed by atoms with van der Waals surface area (Å²) in [6.07, 6.45) is 1.46. The molecule has 3 unspecified atom stereocenters. The zero-order valence-electron chi connectivity index (χ0n) is 12.7. The summed E-state index contributed by atoms with van der Waals surface area (Å²) in [4.78, 5) is 35.4. The molecule has 2 amide bonds. The van der Waals surface area contributed by atoms with Gasteiger partial charge in [-0.25, -0.2) is 8.78 Å². The lowest BCUT2D eigenvalue weighted by Crippen LogP contribution is -2.33. The average molecular weight is 380 g/mol. The van der Waals surface area contributed by atoms with Crippen molar-refractivity contribution in [1.82, 2.24) is 9.88 Å². The lowest BCUT2D eigenvalue weighted by atomic mass is 10.1. The molecular weight excluding hydrogens is 364 g/mol. The summed E-state index contributed by atoms with van der Waals surface area (Å²) in [7, 11) is 1.48. The van der Waals surface area contributed by atoms with E-state index in [-0.39, 0.29) is 24.6 Å². The van der Waals surface area contributed by atoms with Crippen LogP contribution in [0.5, 0.6) is 0 Å². The molecule has 0 saturated carbocycles. The van der Waals surface area contributed by atoms with E-state index in [4.69, 9.17) is 11.6 Å². The molecule has 0 aromatic carbocycles. The van der Waals surface area contributed by atoms with Gasteiger partial charge in [0.1, 0.15) is 11.9 Å². The minimum atomic E-state index is -1.08. The average Bonchev–Trinajstić information content (AvgIpc) is 2.93. The van der Waals surface area contributed by atoms with Crippen LogP contribution >= 0.6 is 23.4 Å². The quantitative estimate of drug-likeness (QED) is 0.751. The van der Waals surface area contributed by atoms with Gasteiger partial charge in [0, 0.05) is 19.3 Å². The number of aromatic nitrogens is 1. The van der Waals surface area contributed by atoms with Crippen LogP contribution in [0.15, 0.2) is 17.1 Å². The molecular formula is C14H16ClF2N3O3S. The van der Waals surface area contributed by atoms with E-state index < -0.39 is 39.8 Å². The summed E-state index contributed by atoms with van der Waals surface area (Å²) in [6.45, 7) is -1.14. The summed E-state index contributed by atoms with van der Waals surface area (Å²) >= 11 is 7.22. The third-order valence-electron chi connectivity index (χ3n) is 3.51. The largest absolute Gasteiger partial charge is 0.358 e. The number of pyridine rings is 1. The van der Waals surface area contributed by atoms with Crippen molar-refractivity contribution in [3.63, 3.8) is 0 Å². The number of halogens is 3. The first-order valence-corrected chi connectivity index (χ1v) is 8.53. The number of amides is 2. The van der Waals surface area contributed by atoms with Gasteiger partial charge in [0.05, 0.1) is 22.9 Å². The van der Waals surface area contributed by atoms with Crippen LogP contribution in [0.3, 0.4) is 0 Å². The van der Waals surface area contributed by atoms with E-state index in [1.54, 1.807) is 0 Å². The molecule has 6 nitrogen and oxygen atoms in total. The number of anilines is 1. The van der Waals surface area contributed by atoms with Gasteiger partial charge in [0.15, 0.2) is 5.82 Å². The minimum absolute atomic E-state index is 0.0423. The Bertz CT molecular complexity index is 700. The fourth-order valence-electron chi connectivity index (χ4n) is 2.33. The van der Waals surface area contributed by atoms with Crippen LogP contribution in [0.2, 0.25) is 0 Å². The van der Waals surface area contributed by atoms with Gasteiger partial charge in [-0.05, 0) is 6.42 Å². The second-order valence-corrected chi connectivity index (χ2v) is 7.07. The predicted molar refractivity (Wildman–Crippen MR) is 88.8 cm³/mol. The van der Waals surface area contributed by atoms with Crippen molar-refractivity contribution in [2.24, 2.45) is 0 Å². The number of thioether (sulfide) groups is 1. The number of rotatable bonds is 5. The first kappa shape index (κ1) is 18.7. The van der Waals surface area contributed by atoms with E-state index in [1.807, 2.05) is 0 Å². The van der Waals surface area contributed by atoms with Gasteiger partial charge in [-0.15, -0.1) is 23.4 Å². The highest BCUT2D eigenvalue weighted by Crippen LogP contribution is 2.38. The zero-order valence-corrected chi connectivity index (χ0v) is 14.3. The topological polar surface area (TPSA) is 80.2 Å². The van der Waals surface area contributed by atoms with Crippen LogP contribution in [0.25, 0.3) is 0 Å². The van der Waals surface area contributed by atoms with E-state index in [0.29, 0.717) is 0 Å². The van der Waals surface area contributed by atoms with Crippen molar-refractivity contribution in [3.05, 3.63) is 28.4 Å². The van der Waals surface area contributed by atoms with Gasteiger partial charge >= 0.3 is 0 Å². The Kier molecular flexibility index (Phi) is 6.22. The molecule has 2 rings (SSSR count). The second kappa shape index (κ2) is 7.98. The van der Waals surface area contributed by atoms with Crippen molar-refractivity contribution >= 4 is 40.9 Å². The van der Waals surface area contributed by atoms with E-state index >= 15 is 0 Å². The Morgan fingerprint density at radius 3 is 2.79 bits per heavy atom. The minimum Gasteiger partial charge on any atom is -0.358 e. The molecule has 0 spiro atoms. The maximum atomic E-state index is 13.6. The molecule has 0 radical (unpaired) electrons. The predicted octanol–water partition coefficient (Wildman–Crippen LogP) is 1.12. The molecule has 0 bridgehead atoms. The Morgan fingerprint density at radius 2 is 2.17 bits per heavy atom. The fraction of sp³-hybridized carbons (Fsp3) is 0.500. The molecule has 1 fully saturated rings. The van der Waals surface area contributed by atoms with E-state index in [2.05, 4.69) is 10.6 Å². The molecule has 0 aliphatic carbocycles. The van der Waals surface area contributed by atoms with Crippen LogP contribution in [0.4, 0.5) is 14.5 Å². The molecule has 10 heteroatoms. The first-order chi connectivity index (χ1) is 11.4. The van der Waals surface area contributed by atoms with Crippen LogP contribution in [-0.2, 0) is 16.1 Å². The van der Waals surface area contributed by atoms with Gasteiger partial charge in [0.25, 0.3) is 5.56 Å². The molecule has 24 heavy (non-hydrogen) atoms. The highest BCUT2D eigenvalue weighted by atomic mass is 35.5. The molecule has 2 heterocycles. The van der Waals surface area contributed by atoms with Crippen molar-refractivity contribution in [3.8, 4) is 0 Å². The number of carbonyl (C=O) groups excluding carboxylic acids is 2. The molecule has 3 atom stereocenters. The van der Waals surface area contributed by atoms with E-state index in [1.165, 1.54) is 13.2 Å². The van der Waals surface area contributed by atoms with Gasteiger partial charge in [0.2, 0.25) is 11.8 Å². The van der Waals surface area contributed by atoms with E-state index in [0.717, 1.165) is 22.4 Å². The van der Waals surface area contributed by atoms with Crippen molar-refractivity contribution < 1.29 is 18.4 Å². The maximum Gasteiger partial charge on any atom is 0.286 e. The van der Waals surface area contributed by atoms with Gasteiger partial charge in [-0.1, -0.05) is 0 Å². The van der Waals surface area contributed by atoms with Crippen molar-refractivity contribution in [2.45, 2.75) is 28.8 Å². The Balaban J connectivity index is 2.10. The fourth-order valence-corrected chi connectivity index (χ4v) is 4.28. The molecule has 1 aromatic rings. The highest BCUT2D eigenvalue weighted by molar-refractivity contribution is 8.02. The van der Waals surface area contributed by atoms with E-state index in [9.17, 15) is 23.2 Å². The van der Waals surface area contributed by atoms with Crippen LogP contribution in [-0.4, -0.2) is 46.0 Å². The highest BCUT2D eigenvalue weighted by Gasteiger charge is 2.41. The first-order valence-electron chi connectivity index (χ1n) is 7.15. The Hall–Kier alpha value is -1.61. The van der Waals surface area contributed by atoms with Crippen LogP contribution in [0.1, 0.15) is 6.42 Å². The number of hydrogen-bond donors (Lipinski definition) is 2. The van der Waals surface area contributed by atoms with Crippen LogP contribution < -0.4 is 16.2 Å². The standard InChI is InChI=1S/C14H16ClF2N3O3S/c1-18-13(22)11-8(15)5-10(24-11)12(21)19-7-4-9(17)14(23)20(6-7)3-2-16/h4,6,8,10-11H,2-3,5H2,1H3,(H,18,22)(H,19,21).